The third kappa shape index (κ3) is 3.04. The van der Waals surface area contributed by atoms with Gasteiger partial charge < -0.3 is 4.90 Å². The Morgan fingerprint density at radius 1 is 1.04 bits per heavy atom. The molecule has 0 aromatic carbocycles. The molecular weight excluding hydrogens is 362 g/mol. The zero-order valence-electron chi connectivity index (χ0n) is 14.5. The van der Waals surface area contributed by atoms with Gasteiger partial charge in [-0.1, -0.05) is 12.5 Å². The highest BCUT2D eigenvalue weighted by Crippen LogP contribution is 2.35. The molecular formula is C19H21N5S2. The summed E-state index contributed by atoms with van der Waals surface area (Å²) in [7, 11) is 0. The molecule has 1 atom stereocenters. The van der Waals surface area contributed by atoms with Crippen LogP contribution in [-0.4, -0.2) is 52.1 Å². The highest BCUT2D eigenvalue weighted by Gasteiger charge is 2.30. The Morgan fingerprint density at radius 2 is 2.04 bits per heavy atom. The summed E-state index contributed by atoms with van der Waals surface area (Å²) in [5.74, 6) is 0.848. The molecule has 0 radical (unpaired) electrons. The first-order valence-corrected chi connectivity index (χ1v) is 10.9. The second-order valence-corrected chi connectivity index (χ2v) is 8.72. The summed E-state index contributed by atoms with van der Waals surface area (Å²) in [5.41, 5.74) is 2.04. The Labute approximate surface area is 161 Å². The van der Waals surface area contributed by atoms with Gasteiger partial charge in [-0.15, -0.1) is 22.7 Å². The Hall–Kier alpha value is -1.83. The van der Waals surface area contributed by atoms with E-state index in [1.54, 1.807) is 22.7 Å². The number of thiophene rings is 1. The molecule has 26 heavy (non-hydrogen) atoms. The van der Waals surface area contributed by atoms with Gasteiger partial charge >= 0.3 is 0 Å². The maximum Gasteiger partial charge on any atom is 0.226 e. The monoisotopic (exact) mass is 383 g/mol. The van der Waals surface area contributed by atoms with Crippen LogP contribution in [0.3, 0.4) is 0 Å². The van der Waals surface area contributed by atoms with Crippen molar-refractivity contribution < 1.29 is 0 Å². The predicted octanol–water partition coefficient (Wildman–Crippen LogP) is 4.00. The van der Waals surface area contributed by atoms with Crippen LogP contribution in [0.25, 0.3) is 21.1 Å². The van der Waals surface area contributed by atoms with Crippen LogP contribution in [0.4, 0.5) is 5.95 Å². The molecule has 0 amide bonds. The Bertz CT molecular complexity index is 862. The third-order valence-electron chi connectivity index (χ3n) is 5.32. The van der Waals surface area contributed by atoms with Crippen LogP contribution in [0.5, 0.6) is 0 Å². The van der Waals surface area contributed by atoms with E-state index in [-0.39, 0.29) is 0 Å². The van der Waals surface area contributed by atoms with E-state index < -0.39 is 0 Å². The van der Waals surface area contributed by atoms with Crippen molar-refractivity contribution in [3.63, 3.8) is 0 Å². The van der Waals surface area contributed by atoms with Gasteiger partial charge in [0.1, 0.15) is 10.7 Å². The summed E-state index contributed by atoms with van der Waals surface area (Å²) in [6.07, 6.45) is 7.82. The van der Waals surface area contributed by atoms with Crippen molar-refractivity contribution in [1.82, 2.24) is 19.9 Å². The summed E-state index contributed by atoms with van der Waals surface area (Å²) in [4.78, 5) is 20.4. The molecule has 2 aliphatic heterocycles. The van der Waals surface area contributed by atoms with Crippen LogP contribution in [0, 0.1) is 0 Å². The number of thiazole rings is 1. The quantitative estimate of drug-likeness (QED) is 0.684. The van der Waals surface area contributed by atoms with Crippen molar-refractivity contribution in [3.05, 3.63) is 35.3 Å². The lowest BCUT2D eigenvalue weighted by molar-refractivity contribution is 0.133. The van der Waals surface area contributed by atoms with Gasteiger partial charge in [0.2, 0.25) is 5.95 Å². The zero-order valence-corrected chi connectivity index (χ0v) is 16.2. The van der Waals surface area contributed by atoms with Crippen LogP contribution in [-0.2, 0) is 0 Å². The molecule has 0 aliphatic carbocycles. The number of hydrogen-bond acceptors (Lipinski definition) is 7. The lowest BCUT2D eigenvalue weighted by Crippen LogP contribution is -2.55. The van der Waals surface area contributed by atoms with Crippen molar-refractivity contribution in [2.24, 2.45) is 0 Å². The van der Waals surface area contributed by atoms with Gasteiger partial charge in [-0.2, -0.15) is 0 Å². The molecule has 134 valence electrons. The van der Waals surface area contributed by atoms with E-state index in [9.17, 15) is 0 Å². The first-order chi connectivity index (χ1) is 12.9. The second-order valence-electron chi connectivity index (χ2n) is 6.88. The minimum Gasteiger partial charge on any atom is -0.338 e. The third-order valence-corrected chi connectivity index (χ3v) is 7.00. The number of aromatic nitrogens is 3. The van der Waals surface area contributed by atoms with Gasteiger partial charge in [0.15, 0.2) is 0 Å². The maximum atomic E-state index is 4.98. The molecule has 3 aromatic rings. The van der Waals surface area contributed by atoms with E-state index in [4.69, 9.17) is 9.97 Å². The molecule has 2 saturated heterocycles. The molecule has 2 fully saturated rings. The van der Waals surface area contributed by atoms with Crippen LogP contribution in [0.1, 0.15) is 19.3 Å². The average molecular weight is 384 g/mol. The standard InChI is InChI=1S/C19H21N5S2/c1-2-7-23-8-9-24(13-14(23)4-1)19-21-12-15(16-5-3-10-25-16)17(22-19)18-20-6-11-26-18/h3,5-6,10-12,14H,1-2,4,7-9,13H2. The van der Waals surface area contributed by atoms with Gasteiger partial charge in [0.05, 0.1) is 0 Å². The molecule has 0 N–H and O–H groups in total. The fourth-order valence-corrected chi connectivity index (χ4v) is 5.35. The number of hydrogen-bond donors (Lipinski definition) is 0. The number of nitrogens with zero attached hydrogens (tertiary/aromatic N) is 5. The molecule has 7 heteroatoms. The fraction of sp³-hybridized carbons (Fsp3) is 0.421. The summed E-state index contributed by atoms with van der Waals surface area (Å²) in [6, 6.07) is 4.85. The van der Waals surface area contributed by atoms with Gasteiger partial charge in [-0.3, -0.25) is 4.90 Å². The molecule has 1 unspecified atom stereocenters. The van der Waals surface area contributed by atoms with Crippen molar-refractivity contribution in [3.8, 4) is 21.1 Å². The summed E-state index contributed by atoms with van der Waals surface area (Å²) in [6.45, 7) is 4.41. The van der Waals surface area contributed by atoms with E-state index in [1.165, 1.54) is 30.7 Å². The van der Waals surface area contributed by atoms with E-state index >= 15 is 0 Å². The van der Waals surface area contributed by atoms with Gasteiger partial charge in [-0.25, -0.2) is 15.0 Å². The van der Waals surface area contributed by atoms with E-state index in [0.29, 0.717) is 6.04 Å². The fourth-order valence-electron chi connectivity index (χ4n) is 3.98. The molecule has 5 heterocycles. The largest absolute Gasteiger partial charge is 0.338 e. The summed E-state index contributed by atoms with van der Waals surface area (Å²) < 4.78 is 0. The normalized spacial score (nSPS) is 20.9. The van der Waals surface area contributed by atoms with Gasteiger partial charge in [0, 0.05) is 53.9 Å². The molecule has 0 saturated carbocycles. The summed E-state index contributed by atoms with van der Waals surface area (Å²) in [5, 5.41) is 5.07. The first-order valence-electron chi connectivity index (χ1n) is 9.18. The van der Waals surface area contributed by atoms with Gasteiger partial charge in [0.25, 0.3) is 0 Å². The Balaban J connectivity index is 1.49. The SMILES string of the molecule is c1csc(-c2cnc(N3CCN4CCCCC4C3)nc2-c2nccs2)c1. The van der Waals surface area contributed by atoms with Crippen molar-refractivity contribution in [2.45, 2.75) is 25.3 Å². The van der Waals surface area contributed by atoms with Crippen LogP contribution >= 0.6 is 22.7 Å². The van der Waals surface area contributed by atoms with E-state index in [2.05, 4.69) is 32.3 Å². The van der Waals surface area contributed by atoms with Crippen LogP contribution in [0.2, 0.25) is 0 Å². The van der Waals surface area contributed by atoms with Crippen molar-refractivity contribution >= 4 is 28.6 Å². The highest BCUT2D eigenvalue weighted by molar-refractivity contribution is 7.14. The highest BCUT2D eigenvalue weighted by atomic mass is 32.1. The number of piperidine rings is 1. The number of anilines is 1. The molecule has 2 aliphatic rings. The first kappa shape index (κ1) is 16.4. The topological polar surface area (TPSA) is 45.2 Å². The van der Waals surface area contributed by atoms with E-state index in [1.807, 2.05) is 17.8 Å². The summed E-state index contributed by atoms with van der Waals surface area (Å²) >= 11 is 3.36. The average Bonchev–Trinajstić information content (AvgIpc) is 3.41. The zero-order chi connectivity index (χ0) is 17.3. The van der Waals surface area contributed by atoms with Gasteiger partial charge in [-0.05, 0) is 30.8 Å². The number of piperazine rings is 1. The maximum absolute atomic E-state index is 4.98. The Kier molecular flexibility index (Phi) is 4.44. The minimum absolute atomic E-state index is 0.654. The lowest BCUT2D eigenvalue weighted by Gasteiger charge is -2.44. The van der Waals surface area contributed by atoms with Crippen LogP contribution in [0.15, 0.2) is 35.3 Å². The number of fused-ring (bicyclic) bond motifs is 1. The number of rotatable bonds is 3. The smallest absolute Gasteiger partial charge is 0.226 e. The molecule has 3 aromatic heterocycles. The molecule has 5 rings (SSSR count). The molecule has 0 bridgehead atoms. The van der Waals surface area contributed by atoms with Crippen molar-refractivity contribution in [2.75, 3.05) is 31.1 Å². The second kappa shape index (κ2) is 7.06. The van der Waals surface area contributed by atoms with Crippen LogP contribution < -0.4 is 4.90 Å². The molecule has 0 spiro atoms. The van der Waals surface area contributed by atoms with E-state index in [0.717, 1.165) is 41.8 Å². The lowest BCUT2D eigenvalue weighted by atomic mass is 10.00. The molecule has 5 nitrogen and oxygen atoms in total. The minimum atomic E-state index is 0.654. The Morgan fingerprint density at radius 3 is 2.88 bits per heavy atom. The van der Waals surface area contributed by atoms with Crippen molar-refractivity contribution in [1.29, 1.82) is 0 Å². The predicted molar refractivity (Wildman–Crippen MR) is 108 cm³/mol.